The summed E-state index contributed by atoms with van der Waals surface area (Å²) in [5.41, 5.74) is 0. The molecule has 0 aromatic heterocycles. The molecule has 0 heterocycles. The Labute approximate surface area is 132 Å². The van der Waals surface area contributed by atoms with Crippen molar-refractivity contribution in [2.45, 2.75) is 32.9 Å². The third-order valence-corrected chi connectivity index (χ3v) is 2.46. The van der Waals surface area contributed by atoms with Crippen LogP contribution in [0.5, 0.6) is 11.5 Å². The first-order valence-electron chi connectivity index (χ1n) is 7.42. The van der Waals surface area contributed by atoms with Crippen LogP contribution in [0.4, 0.5) is 0 Å². The lowest BCUT2D eigenvalue weighted by atomic mass is 10.3. The molecular weight excluding hydrogens is 284 g/mol. The maximum absolute atomic E-state index is 9.75. The quantitative estimate of drug-likeness (QED) is 0.597. The van der Waals surface area contributed by atoms with E-state index in [4.69, 9.17) is 14.3 Å². The first-order chi connectivity index (χ1) is 10.5. The third kappa shape index (κ3) is 10.0. The minimum atomic E-state index is -0.526. The summed E-state index contributed by atoms with van der Waals surface area (Å²) in [6.45, 7) is 7.38. The topological polar surface area (TPSA) is 79.8 Å². The summed E-state index contributed by atoms with van der Waals surface area (Å²) >= 11 is 0. The van der Waals surface area contributed by atoms with E-state index in [0.717, 1.165) is 0 Å². The van der Waals surface area contributed by atoms with Crippen molar-refractivity contribution in [3.8, 4) is 11.5 Å². The number of amides is 1. The van der Waals surface area contributed by atoms with Gasteiger partial charge >= 0.3 is 0 Å². The summed E-state index contributed by atoms with van der Waals surface area (Å²) < 4.78 is 11.0. The van der Waals surface area contributed by atoms with Gasteiger partial charge in [-0.15, -0.1) is 0 Å². The number of carbonyl (C=O) groups excluding carboxylic acids is 1. The highest BCUT2D eigenvalue weighted by molar-refractivity contribution is 5.44. The van der Waals surface area contributed by atoms with E-state index in [-0.39, 0.29) is 6.61 Å². The number of rotatable bonds is 9. The average Bonchev–Trinajstić information content (AvgIpc) is 2.52. The van der Waals surface area contributed by atoms with Crippen molar-refractivity contribution >= 4 is 6.41 Å². The molecule has 0 aliphatic heterocycles. The van der Waals surface area contributed by atoms with Gasteiger partial charge in [-0.05, 0) is 19.1 Å². The van der Waals surface area contributed by atoms with Gasteiger partial charge in [-0.25, -0.2) is 0 Å². The van der Waals surface area contributed by atoms with Gasteiger partial charge in [0, 0.05) is 19.6 Å². The van der Waals surface area contributed by atoms with Gasteiger partial charge in [0.15, 0.2) is 11.5 Å². The molecule has 0 bridgehead atoms. The number of carbonyl (C=O) groups is 1. The van der Waals surface area contributed by atoms with Crippen molar-refractivity contribution in [1.82, 2.24) is 10.6 Å². The second-order valence-electron chi connectivity index (χ2n) is 4.81. The summed E-state index contributed by atoms with van der Waals surface area (Å²) in [7, 11) is 1.56. The van der Waals surface area contributed by atoms with Crippen LogP contribution in [0, 0.1) is 0 Å². The molecule has 1 rings (SSSR count). The van der Waals surface area contributed by atoms with Gasteiger partial charge in [0.25, 0.3) is 0 Å². The number of benzene rings is 1. The summed E-state index contributed by atoms with van der Waals surface area (Å²) in [5.74, 6) is 1.38. The smallest absolute Gasteiger partial charge is 0.206 e. The Bertz CT molecular complexity index is 399. The Morgan fingerprint density at radius 3 is 2.23 bits per heavy atom. The molecular formula is C16H28N2O4. The van der Waals surface area contributed by atoms with Crippen LogP contribution in [0.2, 0.25) is 0 Å². The van der Waals surface area contributed by atoms with Gasteiger partial charge in [0.2, 0.25) is 6.41 Å². The highest BCUT2D eigenvalue weighted by Crippen LogP contribution is 2.26. The fourth-order valence-corrected chi connectivity index (χ4v) is 1.46. The number of para-hydroxylation sites is 2. The zero-order valence-electron chi connectivity index (χ0n) is 13.8. The molecule has 3 N–H and O–H groups in total. The normalized spacial score (nSPS) is 11.2. The molecule has 0 saturated heterocycles. The number of hydrogen-bond acceptors (Lipinski definition) is 5. The van der Waals surface area contributed by atoms with Crippen LogP contribution < -0.4 is 20.1 Å². The van der Waals surface area contributed by atoms with Gasteiger partial charge in [-0.1, -0.05) is 26.0 Å². The van der Waals surface area contributed by atoms with Crippen molar-refractivity contribution in [2.24, 2.45) is 0 Å². The number of ether oxygens (including phenoxy) is 2. The number of hydrogen-bond donors (Lipinski definition) is 3. The Kier molecular flexibility index (Phi) is 11.9. The fourth-order valence-electron chi connectivity index (χ4n) is 1.46. The third-order valence-electron chi connectivity index (χ3n) is 2.46. The standard InChI is InChI=1S/C14H23NO3.C2H5NO/c1-4-17-13-7-5-6-8-14(13)18-10-12(16)9-15-11(2)3;1-3-2-4/h5-8,11-12,15-16H,4,9-10H2,1-3H3;2H,1H3,(H,3,4). The Hall–Kier alpha value is -1.79. The molecule has 1 amide bonds. The van der Waals surface area contributed by atoms with Gasteiger partial charge in [-0.3, -0.25) is 4.79 Å². The minimum absolute atomic E-state index is 0.254. The fraction of sp³-hybridized carbons (Fsp3) is 0.562. The van der Waals surface area contributed by atoms with Crippen LogP contribution >= 0.6 is 0 Å². The molecule has 0 aliphatic rings. The maximum atomic E-state index is 9.75. The molecule has 0 radical (unpaired) electrons. The average molecular weight is 312 g/mol. The molecule has 1 aromatic carbocycles. The van der Waals surface area contributed by atoms with Crippen LogP contribution in [0.1, 0.15) is 20.8 Å². The van der Waals surface area contributed by atoms with Crippen LogP contribution in [0.25, 0.3) is 0 Å². The van der Waals surface area contributed by atoms with Crippen molar-refractivity contribution < 1.29 is 19.4 Å². The molecule has 126 valence electrons. The lowest BCUT2D eigenvalue weighted by molar-refractivity contribution is -0.109. The Morgan fingerprint density at radius 2 is 1.77 bits per heavy atom. The second-order valence-corrected chi connectivity index (χ2v) is 4.81. The SMILES string of the molecule is CCOc1ccccc1OCC(O)CNC(C)C.CNC=O. The van der Waals surface area contributed by atoms with E-state index >= 15 is 0 Å². The molecule has 1 atom stereocenters. The van der Waals surface area contributed by atoms with Crippen molar-refractivity contribution in [3.63, 3.8) is 0 Å². The summed E-state index contributed by atoms with van der Waals surface area (Å²) in [6.07, 6.45) is 0.0992. The summed E-state index contributed by atoms with van der Waals surface area (Å²) in [6, 6.07) is 7.84. The Morgan fingerprint density at radius 1 is 1.23 bits per heavy atom. The lowest BCUT2D eigenvalue weighted by Crippen LogP contribution is -2.35. The van der Waals surface area contributed by atoms with E-state index in [1.54, 1.807) is 7.05 Å². The molecule has 22 heavy (non-hydrogen) atoms. The van der Waals surface area contributed by atoms with Crippen molar-refractivity contribution in [2.75, 3.05) is 26.8 Å². The number of aliphatic hydroxyl groups excluding tert-OH is 1. The molecule has 1 unspecified atom stereocenters. The molecule has 0 spiro atoms. The Balaban J connectivity index is 0.000000980. The number of nitrogens with one attached hydrogen (secondary N) is 2. The molecule has 0 saturated carbocycles. The van der Waals surface area contributed by atoms with Crippen LogP contribution in [0.3, 0.4) is 0 Å². The number of aliphatic hydroxyl groups is 1. The molecule has 0 aliphatic carbocycles. The highest BCUT2D eigenvalue weighted by Gasteiger charge is 2.08. The summed E-state index contributed by atoms with van der Waals surface area (Å²) in [5, 5.41) is 15.2. The first kappa shape index (κ1) is 20.2. The lowest BCUT2D eigenvalue weighted by Gasteiger charge is -2.16. The highest BCUT2D eigenvalue weighted by atomic mass is 16.5. The van der Waals surface area contributed by atoms with Gasteiger partial charge in [-0.2, -0.15) is 0 Å². The van der Waals surface area contributed by atoms with Gasteiger partial charge in [0.1, 0.15) is 12.7 Å². The first-order valence-corrected chi connectivity index (χ1v) is 7.42. The van der Waals surface area contributed by atoms with E-state index in [0.29, 0.717) is 37.1 Å². The van der Waals surface area contributed by atoms with Gasteiger partial charge in [0.05, 0.1) is 6.61 Å². The largest absolute Gasteiger partial charge is 0.490 e. The van der Waals surface area contributed by atoms with Crippen molar-refractivity contribution in [1.29, 1.82) is 0 Å². The predicted octanol–water partition coefficient (Wildman–Crippen LogP) is 1.19. The van der Waals surface area contributed by atoms with E-state index in [2.05, 4.69) is 10.6 Å². The van der Waals surface area contributed by atoms with Crippen LogP contribution in [-0.2, 0) is 4.79 Å². The van der Waals surface area contributed by atoms with E-state index in [1.165, 1.54) is 0 Å². The summed E-state index contributed by atoms with van der Waals surface area (Å²) in [4.78, 5) is 9.06. The van der Waals surface area contributed by atoms with Crippen molar-refractivity contribution in [3.05, 3.63) is 24.3 Å². The van der Waals surface area contributed by atoms with E-state index in [9.17, 15) is 5.11 Å². The van der Waals surface area contributed by atoms with E-state index < -0.39 is 6.10 Å². The second kappa shape index (κ2) is 12.9. The van der Waals surface area contributed by atoms with Gasteiger partial charge < -0.3 is 25.2 Å². The monoisotopic (exact) mass is 312 g/mol. The van der Waals surface area contributed by atoms with Crippen LogP contribution in [0.15, 0.2) is 24.3 Å². The molecule has 6 heteroatoms. The zero-order chi connectivity index (χ0) is 16.8. The molecule has 0 fully saturated rings. The van der Waals surface area contributed by atoms with E-state index in [1.807, 2.05) is 45.0 Å². The minimum Gasteiger partial charge on any atom is -0.490 e. The molecule has 6 nitrogen and oxygen atoms in total. The zero-order valence-corrected chi connectivity index (χ0v) is 13.8. The predicted molar refractivity (Wildman–Crippen MR) is 87.4 cm³/mol. The van der Waals surface area contributed by atoms with Crippen LogP contribution in [-0.4, -0.2) is 50.5 Å². The molecule has 1 aromatic rings. The maximum Gasteiger partial charge on any atom is 0.206 e.